The summed E-state index contributed by atoms with van der Waals surface area (Å²) < 4.78 is 2.16. The summed E-state index contributed by atoms with van der Waals surface area (Å²) in [4.78, 5) is 4.46. The number of nitrogens with one attached hydrogen (secondary N) is 1. The van der Waals surface area contributed by atoms with Gasteiger partial charge in [-0.05, 0) is 13.8 Å². The van der Waals surface area contributed by atoms with Crippen LogP contribution in [0.5, 0.6) is 0 Å². The van der Waals surface area contributed by atoms with Crippen LogP contribution in [-0.2, 0) is 6.54 Å². The maximum absolute atomic E-state index is 4.46. The minimum atomic E-state index is 0. The zero-order chi connectivity index (χ0) is 11.1. The lowest BCUT2D eigenvalue weighted by atomic mass is 10.2. The van der Waals surface area contributed by atoms with Gasteiger partial charge in [0.05, 0.1) is 11.0 Å². The first-order chi connectivity index (χ1) is 7.75. The van der Waals surface area contributed by atoms with Crippen molar-refractivity contribution in [3.05, 3.63) is 16.2 Å². The fourth-order valence-electron chi connectivity index (χ4n) is 2.00. The molecule has 17 heavy (non-hydrogen) atoms. The van der Waals surface area contributed by atoms with Crippen LogP contribution >= 0.6 is 23.7 Å². The summed E-state index contributed by atoms with van der Waals surface area (Å²) in [5.41, 5.74) is 0.940. The van der Waals surface area contributed by atoms with E-state index >= 15 is 0 Å². The van der Waals surface area contributed by atoms with Crippen molar-refractivity contribution in [2.75, 3.05) is 6.54 Å². The minimum absolute atomic E-state index is 0. The van der Waals surface area contributed by atoms with Gasteiger partial charge in [-0.1, -0.05) is 0 Å². The standard InChI is InChI=1S/C10H13N5S.ClH/c1-6-9-13-14-10(15(9)4-3-11-6)8-5-16-7(2)12-8;/h5-6,11H,3-4H2,1-2H3;1H. The van der Waals surface area contributed by atoms with Gasteiger partial charge in [-0.15, -0.1) is 33.9 Å². The molecule has 0 aliphatic carbocycles. The highest BCUT2D eigenvalue weighted by atomic mass is 35.5. The van der Waals surface area contributed by atoms with Crippen molar-refractivity contribution >= 4 is 23.7 Å². The van der Waals surface area contributed by atoms with Crippen molar-refractivity contribution in [1.29, 1.82) is 0 Å². The van der Waals surface area contributed by atoms with Crippen LogP contribution in [-0.4, -0.2) is 26.3 Å². The van der Waals surface area contributed by atoms with Crippen LogP contribution in [0.15, 0.2) is 5.38 Å². The zero-order valence-electron chi connectivity index (χ0n) is 9.67. The molecule has 0 radical (unpaired) electrons. The Hall–Kier alpha value is -0.980. The van der Waals surface area contributed by atoms with E-state index in [1.54, 1.807) is 11.3 Å². The molecule has 7 heteroatoms. The molecule has 2 aromatic heterocycles. The third kappa shape index (κ3) is 2.08. The molecule has 3 rings (SSSR count). The molecule has 92 valence electrons. The predicted octanol–water partition coefficient (Wildman–Crippen LogP) is 1.80. The summed E-state index contributed by atoms with van der Waals surface area (Å²) >= 11 is 1.65. The molecule has 3 heterocycles. The number of hydrogen-bond acceptors (Lipinski definition) is 5. The fraction of sp³-hybridized carbons (Fsp3) is 0.500. The monoisotopic (exact) mass is 271 g/mol. The topological polar surface area (TPSA) is 55.6 Å². The largest absolute Gasteiger partial charge is 0.307 e. The molecular weight excluding hydrogens is 258 g/mol. The Kier molecular flexibility index (Phi) is 3.46. The fourth-order valence-corrected chi connectivity index (χ4v) is 2.59. The van der Waals surface area contributed by atoms with Crippen LogP contribution < -0.4 is 5.32 Å². The Bertz CT molecular complexity index is 520. The molecule has 5 nitrogen and oxygen atoms in total. The Labute approximate surface area is 110 Å². The molecular formula is C10H14ClN5S. The van der Waals surface area contributed by atoms with E-state index in [1.165, 1.54) is 0 Å². The predicted molar refractivity (Wildman–Crippen MR) is 69.5 cm³/mol. The zero-order valence-corrected chi connectivity index (χ0v) is 11.3. The highest BCUT2D eigenvalue weighted by Gasteiger charge is 2.22. The number of aromatic nitrogens is 4. The van der Waals surface area contributed by atoms with Crippen molar-refractivity contribution in [3.8, 4) is 11.5 Å². The normalized spacial score (nSPS) is 18.6. The highest BCUT2D eigenvalue weighted by molar-refractivity contribution is 7.09. The molecule has 0 aromatic carbocycles. The Morgan fingerprint density at radius 2 is 2.29 bits per heavy atom. The third-order valence-corrected chi connectivity index (χ3v) is 3.57. The molecule has 1 aliphatic heterocycles. The quantitative estimate of drug-likeness (QED) is 0.859. The van der Waals surface area contributed by atoms with Crippen LogP contribution in [0.4, 0.5) is 0 Å². The van der Waals surface area contributed by atoms with E-state index in [0.29, 0.717) is 0 Å². The highest BCUT2D eigenvalue weighted by Crippen LogP contribution is 2.24. The lowest BCUT2D eigenvalue weighted by Gasteiger charge is -2.21. The molecule has 2 aromatic rings. The molecule has 1 atom stereocenters. The van der Waals surface area contributed by atoms with Crippen molar-refractivity contribution < 1.29 is 0 Å². The van der Waals surface area contributed by atoms with Gasteiger partial charge in [0.2, 0.25) is 0 Å². The summed E-state index contributed by atoms with van der Waals surface area (Å²) in [5.74, 6) is 1.90. The van der Waals surface area contributed by atoms with Crippen LogP contribution in [0.3, 0.4) is 0 Å². The number of fused-ring (bicyclic) bond motifs is 1. The van der Waals surface area contributed by atoms with E-state index in [2.05, 4.69) is 32.0 Å². The van der Waals surface area contributed by atoms with Crippen LogP contribution in [0, 0.1) is 6.92 Å². The van der Waals surface area contributed by atoms with Gasteiger partial charge < -0.3 is 9.88 Å². The molecule has 0 saturated carbocycles. The second kappa shape index (κ2) is 4.72. The Balaban J connectivity index is 0.00000108. The molecule has 0 fully saturated rings. The molecule has 0 saturated heterocycles. The van der Waals surface area contributed by atoms with E-state index in [-0.39, 0.29) is 18.4 Å². The van der Waals surface area contributed by atoms with Crippen LogP contribution in [0.2, 0.25) is 0 Å². The molecule has 0 amide bonds. The summed E-state index contributed by atoms with van der Waals surface area (Å²) in [7, 11) is 0. The van der Waals surface area contributed by atoms with Crippen molar-refractivity contribution in [1.82, 2.24) is 25.1 Å². The smallest absolute Gasteiger partial charge is 0.183 e. The molecule has 0 bridgehead atoms. The molecule has 1 aliphatic rings. The average molecular weight is 272 g/mol. The van der Waals surface area contributed by atoms with E-state index in [0.717, 1.165) is 35.4 Å². The first-order valence-electron chi connectivity index (χ1n) is 5.34. The SMILES string of the molecule is Cc1nc(-c2nnc3n2CCNC3C)cs1.Cl. The van der Waals surface area contributed by atoms with Gasteiger partial charge in [0.25, 0.3) is 0 Å². The number of halogens is 1. The first kappa shape index (κ1) is 12.5. The van der Waals surface area contributed by atoms with Crippen molar-refractivity contribution in [2.45, 2.75) is 26.4 Å². The number of aryl methyl sites for hydroxylation is 1. The summed E-state index contributed by atoms with van der Waals surface area (Å²) in [6, 6.07) is 0.273. The van der Waals surface area contributed by atoms with Crippen LogP contribution in [0.1, 0.15) is 23.8 Å². The Morgan fingerprint density at radius 1 is 1.47 bits per heavy atom. The Morgan fingerprint density at radius 3 is 3.00 bits per heavy atom. The van der Waals surface area contributed by atoms with E-state index < -0.39 is 0 Å². The van der Waals surface area contributed by atoms with Gasteiger partial charge in [-0.2, -0.15) is 0 Å². The lowest BCUT2D eigenvalue weighted by Crippen LogP contribution is -2.32. The maximum Gasteiger partial charge on any atom is 0.183 e. The second-order valence-corrected chi connectivity index (χ2v) is 5.02. The first-order valence-corrected chi connectivity index (χ1v) is 6.22. The van der Waals surface area contributed by atoms with E-state index in [4.69, 9.17) is 0 Å². The van der Waals surface area contributed by atoms with Gasteiger partial charge in [-0.25, -0.2) is 4.98 Å². The van der Waals surface area contributed by atoms with Gasteiger partial charge in [0.1, 0.15) is 11.5 Å². The average Bonchev–Trinajstić information content (AvgIpc) is 2.84. The number of nitrogens with zero attached hydrogens (tertiary/aromatic N) is 4. The molecule has 1 N–H and O–H groups in total. The van der Waals surface area contributed by atoms with Crippen molar-refractivity contribution in [3.63, 3.8) is 0 Å². The van der Waals surface area contributed by atoms with Crippen molar-refractivity contribution in [2.24, 2.45) is 0 Å². The van der Waals surface area contributed by atoms with E-state index in [9.17, 15) is 0 Å². The third-order valence-electron chi connectivity index (χ3n) is 2.80. The summed E-state index contributed by atoms with van der Waals surface area (Å²) in [5, 5.41) is 15.0. The van der Waals surface area contributed by atoms with E-state index in [1.807, 2.05) is 12.3 Å². The van der Waals surface area contributed by atoms with Gasteiger partial charge in [0, 0.05) is 18.5 Å². The summed E-state index contributed by atoms with van der Waals surface area (Å²) in [6.45, 7) is 5.99. The number of rotatable bonds is 1. The summed E-state index contributed by atoms with van der Waals surface area (Å²) in [6.07, 6.45) is 0. The van der Waals surface area contributed by atoms with Gasteiger partial charge in [0.15, 0.2) is 5.82 Å². The number of thiazole rings is 1. The van der Waals surface area contributed by atoms with Gasteiger partial charge >= 0.3 is 0 Å². The second-order valence-electron chi connectivity index (χ2n) is 3.96. The molecule has 1 unspecified atom stereocenters. The lowest BCUT2D eigenvalue weighted by molar-refractivity contribution is 0.439. The molecule has 0 spiro atoms. The maximum atomic E-state index is 4.46. The van der Waals surface area contributed by atoms with Crippen LogP contribution in [0.25, 0.3) is 11.5 Å². The minimum Gasteiger partial charge on any atom is -0.307 e. The number of hydrogen-bond donors (Lipinski definition) is 1. The van der Waals surface area contributed by atoms with Gasteiger partial charge in [-0.3, -0.25) is 0 Å².